The topological polar surface area (TPSA) is 80.3 Å². The molecular weight excluding hydrogens is 388 g/mol. The molecule has 4 rings (SSSR count). The molecule has 2 heterocycles. The van der Waals surface area contributed by atoms with Gasteiger partial charge in [-0.3, -0.25) is 9.59 Å². The Bertz CT molecular complexity index is 1090. The molecule has 7 heteroatoms. The molecule has 2 aliphatic heterocycles. The molecule has 0 aromatic heterocycles. The van der Waals surface area contributed by atoms with E-state index in [2.05, 4.69) is 0 Å². The largest absolute Gasteiger partial charge is 0.493 e. The number of Topliss-reactive ketones (excluding diaryl/α,β-unsaturated/α-hetero) is 1. The molecule has 0 bridgehead atoms. The first-order valence-electron chi connectivity index (χ1n) is 9.47. The third-order valence-electron chi connectivity index (χ3n) is 5.32. The molecular formula is C23H22O7. The molecule has 0 saturated carbocycles. The molecule has 2 aromatic carbocycles. The van der Waals surface area contributed by atoms with Crippen molar-refractivity contribution in [3.63, 3.8) is 0 Å². The highest BCUT2D eigenvalue weighted by molar-refractivity contribution is 6.13. The highest BCUT2D eigenvalue weighted by Gasteiger charge is 2.40. The Morgan fingerprint density at radius 2 is 1.67 bits per heavy atom. The summed E-state index contributed by atoms with van der Waals surface area (Å²) < 4.78 is 28.0. The van der Waals surface area contributed by atoms with Crippen molar-refractivity contribution in [2.45, 2.75) is 26.2 Å². The summed E-state index contributed by atoms with van der Waals surface area (Å²) in [5.41, 5.74) is 2.58. The number of esters is 1. The van der Waals surface area contributed by atoms with Gasteiger partial charge in [0, 0.05) is 17.0 Å². The minimum Gasteiger partial charge on any atom is -0.493 e. The third kappa shape index (κ3) is 2.89. The second kappa shape index (κ2) is 7.40. The Labute approximate surface area is 174 Å². The van der Waals surface area contributed by atoms with Gasteiger partial charge in [-0.15, -0.1) is 0 Å². The fourth-order valence-electron chi connectivity index (χ4n) is 3.99. The summed E-state index contributed by atoms with van der Waals surface area (Å²) in [5, 5.41) is 0. The number of methoxy groups -OCH3 is 3. The average molecular weight is 410 g/mol. The van der Waals surface area contributed by atoms with Crippen LogP contribution in [0.3, 0.4) is 0 Å². The SMILES string of the molecule is COc1ccc(C2CC(=O)Oc3ccc4c(c32)OC(=C(C)C)C4=O)c(OC)c1OC. The minimum atomic E-state index is -0.449. The Balaban J connectivity index is 1.96. The molecule has 0 saturated heterocycles. The fraction of sp³-hybridized carbons (Fsp3) is 0.304. The maximum Gasteiger partial charge on any atom is 0.312 e. The molecule has 0 fully saturated rings. The summed E-state index contributed by atoms with van der Waals surface area (Å²) in [6.45, 7) is 3.64. The Kier molecular flexibility index (Phi) is 4.89. The van der Waals surface area contributed by atoms with Gasteiger partial charge in [0.25, 0.3) is 0 Å². The molecule has 1 unspecified atom stereocenters. The summed E-state index contributed by atoms with van der Waals surface area (Å²) in [5.74, 6) is 1.47. The van der Waals surface area contributed by atoms with Crippen molar-refractivity contribution in [1.29, 1.82) is 0 Å². The summed E-state index contributed by atoms with van der Waals surface area (Å²) in [6, 6.07) is 6.85. The molecule has 0 spiro atoms. The number of hydrogen-bond donors (Lipinski definition) is 0. The number of fused-ring (bicyclic) bond motifs is 3. The number of ether oxygens (including phenoxy) is 5. The lowest BCUT2D eigenvalue weighted by atomic mass is 9.84. The second-order valence-corrected chi connectivity index (χ2v) is 7.27. The van der Waals surface area contributed by atoms with Gasteiger partial charge in [0.2, 0.25) is 11.5 Å². The number of benzene rings is 2. The minimum absolute atomic E-state index is 0.0665. The van der Waals surface area contributed by atoms with Crippen molar-refractivity contribution in [3.05, 3.63) is 52.3 Å². The van der Waals surface area contributed by atoms with E-state index in [1.54, 1.807) is 18.2 Å². The fourth-order valence-corrected chi connectivity index (χ4v) is 3.99. The molecule has 0 N–H and O–H groups in total. The monoisotopic (exact) mass is 410 g/mol. The van der Waals surface area contributed by atoms with E-state index in [1.165, 1.54) is 21.3 Å². The maximum absolute atomic E-state index is 12.8. The summed E-state index contributed by atoms with van der Waals surface area (Å²) in [6.07, 6.45) is 0.0665. The van der Waals surface area contributed by atoms with E-state index >= 15 is 0 Å². The summed E-state index contributed by atoms with van der Waals surface area (Å²) in [4.78, 5) is 25.2. The zero-order valence-corrected chi connectivity index (χ0v) is 17.5. The smallest absolute Gasteiger partial charge is 0.312 e. The average Bonchev–Trinajstić information content (AvgIpc) is 3.08. The quantitative estimate of drug-likeness (QED) is 0.428. The van der Waals surface area contributed by atoms with Gasteiger partial charge in [-0.1, -0.05) is 6.07 Å². The molecule has 156 valence electrons. The van der Waals surface area contributed by atoms with Crippen LogP contribution >= 0.6 is 0 Å². The van der Waals surface area contributed by atoms with Gasteiger partial charge < -0.3 is 23.7 Å². The molecule has 0 amide bonds. The van der Waals surface area contributed by atoms with E-state index in [-0.39, 0.29) is 18.2 Å². The first-order valence-corrected chi connectivity index (χ1v) is 9.47. The van der Waals surface area contributed by atoms with E-state index in [0.717, 1.165) is 5.57 Å². The van der Waals surface area contributed by atoms with Crippen LogP contribution in [0, 0.1) is 0 Å². The second-order valence-electron chi connectivity index (χ2n) is 7.27. The Morgan fingerprint density at radius 1 is 0.933 bits per heavy atom. The summed E-state index contributed by atoms with van der Waals surface area (Å²) >= 11 is 0. The van der Waals surface area contributed by atoms with Gasteiger partial charge in [0.1, 0.15) is 11.5 Å². The van der Waals surface area contributed by atoms with Crippen molar-refractivity contribution in [2.24, 2.45) is 0 Å². The lowest BCUT2D eigenvalue weighted by Gasteiger charge is -2.28. The van der Waals surface area contributed by atoms with E-state index in [4.69, 9.17) is 23.7 Å². The van der Waals surface area contributed by atoms with Crippen molar-refractivity contribution in [3.8, 4) is 28.7 Å². The third-order valence-corrected chi connectivity index (χ3v) is 5.32. The molecule has 2 aliphatic rings. The molecule has 7 nitrogen and oxygen atoms in total. The Morgan fingerprint density at radius 3 is 2.30 bits per heavy atom. The van der Waals surface area contributed by atoms with Crippen molar-refractivity contribution in [2.75, 3.05) is 21.3 Å². The number of hydrogen-bond acceptors (Lipinski definition) is 7. The van der Waals surface area contributed by atoms with Crippen LogP contribution in [0.25, 0.3) is 0 Å². The van der Waals surface area contributed by atoms with E-state index in [9.17, 15) is 9.59 Å². The number of carbonyl (C=O) groups is 2. The molecule has 2 aromatic rings. The van der Waals surface area contributed by atoms with Crippen molar-refractivity contribution < 1.29 is 33.3 Å². The highest BCUT2D eigenvalue weighted by atomic mass is 16.5. The van der Waals surface area contributed by atoms with Gasteiger partial charge in [-0.25, -0.2) is 0 Å². The Hall–Kier alpha value is -3.48. The van der Waals surface area contributed by atoms with Crippen molar-refractivity contribution in [1.82, 2.24) is 0 Å². The predicted molar refractivity (Wildman–Crippen MR) is 108 cm³/mol. The maximum atomic E-state index is 12.8. The van der Waals surface area contributed by atoms with E-state index < -0.39 is 5.92 Å². The number of rotatable bonds is 4. The standard InChI is InChI=1S/C23H22O7/c1-11(2)20-19(25)13-7-8-15-18(21(13)30-20)14(10-17(24)29-15)12-6-9-16(26-3)23(28-5)22(12)27-4/h6-9,14H,10H2,1-5H3. The van der Waals surface area contributed by atoms with Gasteiger partial charge in [0.05, 0.1) is 33.3 Å². The van der Waals surface area contributed by atoms with Crippen molar-refractivity contribution >= 4 is 11.8 Å². The normalized spacial score (nSPS) is 17.0. The van der Waals surface area contributed by atoms with Gasteiger partial charge >= 0.3 is 5.97 Å². The van der Waals surface area contributed by atoms with E-state index in [0.29, 0.717) is 51.2 Å². The first kappa shape index (κ1) is 19.8. The zero-order chi connectivity index (χ0) is 21.6. The molecule has 0 radical (unpaired) electrons. The van der Waals surface area contributed by atoms with Gasteiger partial charge in [-0.2, -0.15) is 0 Å². The van der Waals surface area contributed by atoms with Crippen LogP contribution in [0.2, 0.25) is 0 Å². The van der Waals surface area contributed by atoms with Crippen LogP contribution in [0.15, 0.2) is 35.6 Å². The van der Waals surface area contributed by atoms with Crippen LogP contribution < -0.4 is 23.7 Å². The predicted octanol–water partition coefficient (Wildman–Crippen LogP) is 4.02. The van der Waals surface area contributed by atoms with Crippen LogP contribution in [-0.2, 0) is 4.79 Å². The molecule has 0 aliphatic carbocycles. The van der Waals surface area contributed by atoms with E-state index in [1.807, 2.05) is 19.9 Å². The molecule has 30 heavy (non-hydrogen) atoms. The van der Waals surface area contributed by atoms with Crippen LogP contribution in [0.5, 0.6) is 28.7 Å². The van der Waals surface area contributed by atoms with Crippen LogP contribution in [0.4, 0.5) is 0 Å². The highest BCUT2D eigenvalue weighted by Crippen LogP contribution is 2.53. The molecule has 1 atom stereocenters. The van der Waals surface area contributed by atoms with Gasteiger partial charge in [0.15, 0.2) is 17.3 Å². The first-order chi connectivity index (χ1) is 14.4. The van der Waals surface area contributed by atoms with Crippen LogP contribution in [-0.4, -0.2) is 33.1 Å². The van der Waals surface area contributed by atoms with Crippen LogP contribution in [0.1, 0.15) is 47.7 Å². The summed E-state index contributed by atoms with van der Waals surface area (Å²) in [7, 11) is 4.59. The lowest BCUT2D eigenvalue weighted by Crippen LogP contribution is -2.22. The number of ketones is 1. The zero-order valence-electron chi connectivity index (χ0n) is 17.5. The number of allylic oxidation sites excluding steroid dienone is 2. The number of carbonyl (C=O) groups excluding carboxylic acids is 2. The lowest BCUT2D eigenvalue weighted by molar-refractivity contribution is -0.135. The van der Waals surface area contributed by atoms with Gasteiger partial charge in [-0.05, 0) is 37.6 Å².